The molecule has 4 nitrogen and oxygen atoms in total. The van der Waals surface area contributed by atoms with Gasteiger partial charge in [-0.05, 0) is 27.2 Å². The van der Waals surface area contributed by atoms with Crippen LogP contribution in [0, 0.1) is 12.3 Å². The summed E-state index contributed by atoms with van der Waals surface area (Å²) in [6.45, 7) is 8.18. The van der Waals surface area contributed by atoms with Crippen LogP contribution >= 0.6 is 11.3 Å². The molecule has 17 heavy (non-hydrogen) atoms. The number of aromatic nitrogens is 1. The van der Waals surface area contributed by atoms with Crippen molar-refractivity contribution in [3.8, 4) is 0 Å². The summed E-state index contributed by atoms with van der Waals surface area (Å²) in [5.74, 6) is 0.00264. The Morgan fingerprint density at radius 2 is 2.35 bits per heavy atom. The summed E-state index contributed by atoms with van der Waals surface area (Å²) in [6.07, 6.45) is 2.56. The van der Waals surface area contributed by atoms with Crippen molar-refractivity contribution in [1.82, 2.24) is 10.3 Å². The zero-order chi connectivity index (χ0) is 13.1. The molecular weight excluding hydrogens is 234 g/mol. The zero-order valence-electron chi connectivity index (χ0n) is 10.9. The van der Waals surface area contributed by atoms with E-state index in [0.29, 0.717) is 6.54 Å². The maximum absolute atomic E-state index is 12.1. The lowest BCUT2D eigenvalue weighted by Crippen LogP contribution is -2.44. The van der Waals surface area contributed by atoms with Gasteiger partial charge in [-0.3, -0.25) is 4.79 Å². The summed E-state index contributed by atoms with van der Waals surface area (Å²) < 4.78 is 0. The first-order valence-corrected chi connectivity index (χ1v) is 6.68. The van der Waals surface area contributed by atoms with E-state index in [1.807, 2.05) is 33.9 Å². The minimum atomic E-state index is -0.486. The summed E-state index contributed by atoms with van der Waals surface area (Å²) in [4.78, 5) is 17.5. The number of thiazole rings is 1. The number of hydrogen-bond acceptors (Lipinski definition) is 4. The van der Waals surface area contributed by atoms with Gasteiger partial charge in [-0.25, -0.2) is 4.98 Å². The summed E-state index contributed by atoms with van der Waals surface area (Å²) in [5, 5.41) is 3.92. The molecule has 1 heterocycles. The predicted octanol–water partition coefficient (Wildman–Crippen LogP) is 2.00. The normalized spacial score (nSPS) is 16.3. The Hall–Kier alpha value is -0.940. The summed E-state index contributed by atoms with van der Waals surface area (Å²) >= 11 is 1.61. The minimum Gasteiger partial charge on any atom is -0.347 e. The Labute approximate surface area is 107 Å². The first kappa shape index (κ1) is 14.1. The summed E-state index contributed by atoms with van der Waals surface area (Å²) in [5.41, 5.74) is 5.18. The molecule has 96 valence electrons. The molecule has 1 amide bonds. The van der Waals surface area contributed by atoms with E-state index in [1.165, 1.54) is 0 Å². The van der Waals surface area contributed by atoms with Crippen LogP contribution < -0.4 is 11.1 Å². The van der Waals surface area contributed by atoms with Gasteiger partial charge in [0.15, 0.2) is 0 Å². The average Bonchev–Trinajstić information content (AvgIpc) is 2.74. The highest BCUT2D eigenvalue weighted by Gasteiger charge is 2.30. The molecule has 0 spiro atoms. The molecule has 3 N–H and O–H groups in total. The van der Waals surface area contributed by atoms with E-state index in [0.717, 1.165) is 16.3 Å². The smallest absolute Gasteiger partial charge is 0.227 e. The highest BCUT2D eigenvalue weighted by Crippen LogP contribution is 2.23. The molecule has 0 aliphatic carbocycles. The topological polar surface area (TPSA) is 68.0 Å². The predicted molar refractivity (Wildman–Crippen MR) is 70.9 cm³/mol. The van der Waals surface area contributed by atoms with Crippen molar-refractivity contribution in [2.75, 3.05) is 6.54 Å². The molecule has 1 aromatic rings. The third-order valence-electron chi connectivity index (χ3n) is 3.14. The number of rotatable bonds is 5. The Balaban J connectivity index is 2.69. The molecule has 2 unspecified atom stereocenters. The van der Waals surface area contributed by atoms with Crippen molar-refractivity contribution in [2.24, 2.45) is 11.1 Å². The monoisotopic (exact) mass is 255 g/mol. The molecule has 0 saturated heterocycles. The lowest BCUT2D eigenvalue weighted by molar-refractivity contribution is -0.130. The van der Waals surface area contributed by atoms with Crippen molar-refractivity contribution >= 4 is 17.2 Å². The molecule has 0 aliphatic heterocycles. The van der Waals surface area contributed by atoms with Gasteiger partial charge in [-0.1, -0.05) is 6.92 Å². The van der Waals surface area contributed by atoms with Crippen molar-refractivity contribution in [3.63, 3.8) is 0 Å². The average molecular weight is 255 g/mol. The van der Waals surface area contributed by atoms with Gasteiger partial charge in [-0.2, -0.15) is 0 Å². The molecule has 2 atom stereocenters. The molecule has 0 aromatic carbocycles. The van der Waals surface area contributed by atoms with Crippen LogP contribution in [0.4, 0.5) is 0 Å². The minimum absolute atomic E-state index is 0.00264. The zero-order valence-corrected chi connectivity index (χ0v) is 11.7. The maximum atomic E-state index is 12.1. The number of aryl methyl sites for hydroxylation is 1. The van der Waals surface area contributed by atoms with Crippen LogP contribution in [0.15, 0.2) is 6.20 Å². The fraction of sp³-hybridized carbons (Fsp3) is 0.667. The Morgan fingerprint density at radius 3 is 2.76 bits per heavy atom. The van der Waals surface area contributed by atoms with Crippen LogP contribution in [-0.2, 0) is 4.79 Å². The first-order chi connectivity index (χ1) is 7.92. The van der Waals surface area contributed by atoms with Gasteiger partial charge in [0.05, 0.1) is 11.5 Å². The van der Waals surface area contributed by atoms with E-state index >= 15 is 0 Å². The van der Waals surface area contributed by atoms with Gasteiger partial charge in [-0.15, -0.1) is 11.3 Å². The van der Waals surface area contributed by atoms with Crippen molar-refractivity contribution in [3.05, 3.63) is 16.1 Å². The van der Waals surface area contributed by atoms with Crippen LogP contribution in [0.3, 0.4) is 0 Å². The number of amides is 1. The number of nitrogens with zero attached hydrogens (tertiary/aromatic N) is 1. The third-order valence-corrected chi connectivity index (χ3v) is 4.23. The number of carbonyl (C=O) groups excluding carboxylic acids is 1. The second-order valence-electron chi connectivity index (χ2n) is 4.62. The van der Waals surface area contributed by atoms with Gasteiger partial charge < -0.3 is 11.1 Å². The van der Waals surface area contributed by atoms with E-state index in [9.17, 15) is 4.79 Å². The summed E-state index contributed by atoms with van der Waals surface area (Å²) in [7, 11) is 0. The first-order valence-electron chi connectivity index (χ1n) is 5.86. The van der Waals surface area contributed by atoms with Crippen LogP contribution in [0.5, 0.6) is 0 Å². The van der Waals surface area contributed by atoms with E-state index in [2.05, 4.69) is 10.3 Å². The number of carbonyl (C=O) groups is 1. The highest BCUT2D eigenvalue weighted by atomic mass is 32.1. The third kappa shape index (κ3) is 3.26. The van der Waals surface area contributed by atoms with Gasteiger partial charge in [0.2, 0.25) is 5.91 Å². The number of hydrogen-bond donors (Lipinski definition) is 2. The molecule has 0 aliphatic rings. The molecule has 0 fully saturated rings. The lowest BCUT2D eigenvalue weighted by atomic mass is 9.86. The maximum Gasteiger partial charge on any atom is 0.227 e. The highest BCUT2D eigenvalue weighted by molar-refractivity contribution is 7.11. The van der Waals surface area contributed by atoms with Crippen LogP contribution in [0.25, 0.3) is 0 Å². The van der Waals surface area contributed by atoms with Crippen molar-refractivity contribution in [1.29, 1.82) is 0 Å². The number of nitrogens with one attached hydrogen (secondary N) is 1. The van der Waals surface area contributed by atoms with Crippen LogP contribution in [0.2, 0.25) is 0 Å². The van der Waals surface area contributed by atoms with Gasteiger partial charge in [0, 0.05) is 17.6 Å². The fourth-order valence-corrected chi connectivity index (χ4v) is 2.18. The Morgan fingerprint density at radius 1 is 1.71 bits per heavy atom. The molecule has 1 aromatic heterocycles. The molecule has 0 radical (unpaired) electrons. The van der Waals surface area contributed by atoms with Gasteiger partial charge in [0.25, 0.3) is 0 Å². The molecular formula is C12H21N3OS. The van der Waals surface area contributed by atoms with E-state index in [1.54, 1.807) is 11.3 Å². The second kappa shape index (κ2) is 5.60. The second-order valence-corrected chi connectivity index (χ2v) is 5.89. The Kier molecular flexibility index (Phi) is 4.65. The molecule has 0 saturated carbocycles. The number of nitrogens with two attached hydrogens (primary N) is 1. The molecule has 0 bridgehead atoms. The van der Waals surface area contributed by atoms with Crippen molar-refractivity contribution < 1.29 is 4.79 Å². The van der Waals surface area contributed by atoms with Crippen molar-refractivity contribution in [2.45, 2.75) is 40.2 Å². The van der Waals surface area contributed by atoms with Gasteiger partial charge >= 0.3 is 0 Å². The standard InChI is InChI=1S/C12H21N3OS/c1-5-12(4,7-13)11(16)15-9(3)10-14-6-8(2)17-10/h6,9H,5,7,13H2,1-4H3,(H,15,16). The molecule has 1 rings (SSSR count). The van der Waals surface area contributed by atoms with E-state index < -0.39 is 5.41 Å². The Bertz CT molecular complexity index is 385. The van der Waals surface area contributed by atoms with Crippen LogP contribution in [0.1, 0.15) is 43.1 Å². The van der Waals surface area contributed by atoms with Crippen LogP contribution in [-0.4, -0.2) is 17.4 Å². The largest absolute Gasteiger partial charge is 0.347 e. The van der Waals surface area contributed by atoms with E-state index in [-0.39, 0.29) is 11.9 Å². The molecule has 5 heteroatoms. The quantitative estimate of drug-likeness (QED) is 0.845. The van der Waals surface area contributed by atoms with E-state index in [4.69, 9.17) is 5.73 Å². The fourth-order valence-electron chi connectivity index (χ4n) is 1.40. The lowest BCUT2D eigenvalue weighted by Gasteiger charge is -2.26. The SMILES string of the molecule is CCC(C)(CN)C(=O)NC(C)c1ncc(C)s1. The summed E-state index contributed by atoms with van der Waals surface area (Å²) in [6, 6.07) is -0.0568. The van der Waals surface area contributed by atoms with Gasteiger partial charge in [0.1, 0.15) is 5.01 Å².